The van der Waals surface area contributed by atoms with Gasteiger partial charge >= 0.3 is 0 Å². The Morgan fingerprint density at radius 3 is 2.73 bits per heavy atom. The standard InChI is InChI=1S/C20H26N2O4/c1-5-7-15-9-10-18(19(12-15)24-4)26-14-20(23)21-13-16(22(2)3)17-8-6-11-25-17/h5-12,16H,13-14H2,1-4H3,(H,21,23)/b7-5+. The molecule has 1 aromatic carbocycles. The molecule has 1 amide bonds. The highest BCUT2D eigenvalue weighted by Crippen LogP contribution is 2.28. The molecule has 0 spiro atoms. The summed E-state index contributed by atoms with van der Waals surface area (Å²) < 4.78 is 16.4. The number of carbonyl (C=O) groups is 1. The zero-order chi connectivity index (χ0) is 18.9. The quantitative estimate of drug-likeness (QED) is 0.746. The van der Waals surface area contributed by atoms with Gasteiger partial charge < -0.3 is 19.2 Å². The third-order valence-corrected chi connectivity index (χ3v) is 3.89. The number of likely N-dealkylation sites (N-methyl/N-ethyl adjacent to an activating group) is 1. The topological polar surface area (TPSA) is 63.9 Å². The van der Waals surface area contributed by atoms with Crippen molar-refractivity contribution >= 4 is 12.0 Å². The number of nitrogens with one attached hydrogen (secondary N) is 1. The molecule has 0 aliphatic heterocycles. The molecule has 0 radical (unpaired) electrons. The Morgan fingerprint density at radius 1 is 1.31 bits per heavy atom. The first-order valence-corrected chi connectivity index (χ1v) is 8.45. The smallest absolute Gasteiger partial charge is 0.258 e. The predicted molar refractivity (Wildman–Crippen MR) is 101 cm³/mol. The second kappa shape index (κ2) is 9.68. The molecule has 140 valence electrons. The summed E-state index contributed by atoms with van der Waals surface area (Å²) in [6.07, 6.45) is 5.54. The summed E-state index contributed by atoms with van der Waals surface area (Å²) in [7, 11) is 5.45. The molecular formula is C20H26N2O4. The molecule has 1 unspecified atom stereocenters. The van der Waals surface area contributed by atoms with E-state index in [1.807, 2.05) is 62.3 Å². The number of benzene rings is 1. The van der Waals surface area contributed by atoms with Crippen LogP contribution < -0.4 is 14.8 Å². The number of hydrogen-bond donors (Lipinski definition) is 1. The Balaban J connectivity index is 1.90. The minimum absolute atomic E-state index is 0.0383. The van der Waals surface area contributed by atoms with Crippen LogP contribution in [0.5, 0.6) is 11.5 Å². The Hall–Kier alpha value is -2.73. The Labute approximate surface area is 154 Å². The van der Waals surface area contributed by atoms with E-state index < -0.39 is 0 Å². The minimum atomic E-state index is -0.206. The van der Waals surface area contributed by atoms with Crippen molar-refractivity contribution in [2.75, 3.05) is 34.4 Å². The van der Waals surface area contributed by atoms with Gasteiger partial charge in [0.05, 0.1) is 19.4 Å². The van der Waals surface area contributed by atoms with E-state index in [1.165, 1.54) is 0 Å². The summed E-state index contributed by atoms with van der Waals surface area (Å²) >= 11 is 0. The van der Waals surface area contributed by atoms with Crippen LogP contribution in [-0.4, -0.2) is 45.2 Å². The molecule has 26 heavy (non-hydrogen) atoms. The zero-order valence-electron chi connectivity index (χ0n) is 15.7. The van der Waals surface area contributed by atoms with Gasteiger partial charge in [0, 0.05) is 6.54 Å². The number of allylic oxidation sites excluding steroid dienone is 1. The van der Waals surface area contributed by atoms with Crippen molar-refractivity contribution in [2.24, 2.45) is 0 Å². The fourth-order valence-corrected chi connectivity index (χ4v) is 2.52. The number of furan rings is 1. The van der Waals surface area contributed by atoms with Gasteiger partial charge in [-0.25, -0.2) is 0 Å². The first kappa shape index (κ1) is 19.6. The van der Waals surface area contributed by atoms with E-state index in [0.717, 1.165) is 11.3 Å². The van der Waals surface area contributed by atoms with E-state index >= 15 is 0 Å². The fourth-order valence-electron chi connectivity index (χ4n) is 2.52. The molecule has 0 fully saturated rings. The lowest BCUT2D eigenvalue weighted by molar-refractivity contribution is -0.123. The zero-order valence-corrected chi connectivity index (χ0v) is 15.7. The minimum Gasteiger partial charge on any atom is -0.493 e. The lowest BCUT2D eigenvalue weighted by Crippen LogP contribution is -2.36. The monoisotopic (exact) mass is 358 g/mol. The van der Waals surface area contributed by atoms with Crippen molar-refractivity contribution in [2.45, 2.75) is 13.0 Å². The van der Waals surface area contributed by atoms with Gasteiger partial charge in [0.25, 0.3) is 5.91 Å². The van der Waals surface area contributed by atoms with Crippen molar-refractivity contribution < 1.29 is 18.7 Å². The highest BCUT2D eigenvalue weighted by Gasteiger charge is 2.18. The van der Waals surface area contributed by atoms with Crippen LogP contribution in [0.2, 0.25) is 0 Å². The molecule has 2 aromatic rings. The highest BCUT2D eigenvalue weighted by molar-refractivity contribution is 5.77. The summed E-state index contributed by atoms with van der Waals surface area (Å²) in [6, 6.07) is 9.27. The largest absolute Gasteiger partial charge is 0.493 e. The van der Waals surface area contributed by atoms with Gasteiger partial charge in [0.2, 0.25) is 0 Å². The number of ether oxygens (including phenoxy) is 2. The van der Waals surface area contributed by atoms with Gasteiger partial charge in [-0.05, 0) is 50.8 Å². The van der Waals surface area contributed by atoms with Crippen LogP contribution in [0, 0.1) is 0 Å². The number of hydrogen-bond acceptors (Lipinski definition) is 5. The average molecular weight is 358 g/mol. The summed E-state index contributed by atoms with van der Waals surface area (Å²) in [5, 5.41) is 2.87. The lowest BCUT2D eigenvalue weighted by atomic mass is 10.2. The van der Waals surface area contributed by atoms with Crippen LogP contribution in [0.25, 0.3) is 6.08 Å². The molecule has 0 saturated heterocycles. The van der Waals surface area contributed by atoms with Crippen LogP contribution in [0.1, 0.15) is 24.3 Å². The molecule has 6 nitrogen and oxygen atoms in total. The molecule has 1 N–H and O–H groups in total. The van der Waals surface area contributed by atoms with Crippen molar-refractivity contribution in [1.82, 2.24) is 10.2 Å². The van der Waals surface area contributed by atoms with E-state index in [-0.39, 0.29) is 18.6 Å². The first-order chi connectivity index (χ1) is 12.5. The van der Waals surface area contributed by atoms with Crippen LogP contribution in [0.4, 0.5) is 0 Å². The second-order valence-electron chi connectivity index (χ2n) is 6.00. The maximum atomic E-state index is 12.1. The van der Waals surface area contributed by atoms with Gasteiger partial charge in [-0.3, -0.25) is 9.69 Å². The number of methoxy groups -OCH3 is 1. The van der Waals surface area contributed by atoms with E-state index in [0.29, 0.717) is 18.0 Å². The summed E-state index contributed by atoms with van der Waals surface area (Å²) in [5.41, 5.74) is 1.01. The van der Waals surface area contributed by atoms with Crippen molar-refractivity contribution in [3.05, 3.63) is 54.0 Å². The van der Waals surface area contributed by atoms with Gasteiger partial charge in [-0.1, -0.05) is 18.2 Å². The van der Waals surface area contributed by atoms with E-state index in [2.05, 4.69) is 5.32 Å². The molecular weight excluding hydrogens is 332 g/mol. The fraction of sp³-hybridized carbons (Fsp3) is 0.350. The second-order valence-corrected chi connectivity index (χ2v) is 6.00. The molecule has 1 atom stereocenters. The Bertz CT molecular complexity index is 723. The van der Waals surface area contributed by atoms with E-state index in [9.17, 15) is 4.79 Å². The molecule has 1 heterocycles. The third-order valence-electron chi connectivity index (χ3n) is 3.89. The van der Waals surface area contributed by atoms with Crippen molar-refractivity contribution in [3.63, 3.8) is 0 Å². The average Bonchev–Trinajstić information content (AvgIpc) is 3.15. The highest BCUT2D eigenvalue weighted by atomic mass is 16.5. The Morgan fingerprint density at radius 2 is 2.12 bits per heavy atom. The van der Waals surface area contributed by atoms with E-state index in [1.54, 1.807) is 19.4 Å². The summed E-state index contributed by atoms with van der Waals surface area (Å²) in [6.45, 7) is 2.29. The van der Waals surface area contributed by atoms with Crippen LogP contribution in [0.15, 0.2) is 47.1 Å². The number of carbonyl (C=O) groups excluding carboxylic acids is 1. The maximum Gasteiger partial charge on any atom is 0.258 e. The Kier molecular flexibility index (Phi) is 7.29. The van der Waals surface area contributed by atoms with Crippen LogP contribution >= 0.6 is 0 Å². The maximum absolute atomic E-state index is 12.1. The first-order valence-electron chi connectivity index (χ1n) is 8.45. The number of rotatable bonds is 9. The van der Waals surface area contributed by atoms with Gasteiger partial charge in [-0.2, -0.15) is 0 Å². The van der Waals surface area contributed by atoms with Gasteiger partial charge in [-0.15, -0.1) is 0 Å². The normalized spacial score (nSPS) is 12.3. The lowest BCUT2D eigenvalue weighted by Gasteiger charge is -2.22. The third kappa shape index (κ3) is 5.39. The van der Waals surface area contributed by atoms with Crippen molar-refractivity contribution in [1.29, 1.82) is 0 Å². The molecule has 2 rings (SSSR count). The molecule has 0 bridgehead atoms. The van der Waals surface area contributed by atoms with Crippen molar-refractivity contribution in [3.8, 4) is 11.5 Å². The van der Waals surface area contributed by atoms with Crippen LogP contribution in [-0.2, 0) is 4.79 Å². The van der Waals surface area contributed by atoms with Gasteiger partial charge in [0.1, 0.15) is 5.76 Å². The number of nitrogens with zero attached hydrogens (tertiary/aromatic N) is 1. The van der Waals surface area contributed by atoms with Gasteiger partial charge in [0.15, 0.2) is 18.1 Å². The van der Waals surface area contributed by atoms with Crippen LogP contribution in [0.3, 0.4) is 0 Å². The van der Waals surface area contributed by atoms with E-state index in [4.69, 9.17) is 13.9 Å². The molecule has 0 aliphatic carbocycles. The predicted octanol–water partition coefficient (Wildman–Crippen LogP) is 3.12. The SMILES string of the molecule is C/C=C/c1ccc(OCC(=O)NCC(c2ccco2)N(C)C)c(OC)c1. The molecule has 6 heteroatoms. The summed E-state index contributed by atoms with van der Waals surface area (Å²) in [4.78, 5) is 14.1. The summed E-state index contributed by atoms with van der Waals surface area (Å²) in [5.74, 6) is 1.72. The molecule has 0 aliphatic rings. The molecule has 1 aromatic heterocycles. The number of amides is 1. The molecule has 0 saturated carbocycles.